The van der Waals surface area contributed by atoms with Gasteiger partial charge in [-0.2, -0.15) is 0 Å². The van der Waals surface area contributed by atoms with Gasteiger partial charge < -0.3 is 10.4 Å². The van der Waals surface area contributed by atoms with Gasteiger partial charge in [-0.25, -0.2) is 0 Å². The maximum absolute atomic E-state index is 11.1. The molecule has 0 bridgehead atoms. The van der Waals surface area contributed by atoms with Crippen LogP contribution in [0, 0.1) is 5.92 Å². The largest absolute Gasteiger partial charge is 0.480 e. The molecule has 0 spiro atoms. The minimum absolute atomic E-state index is 0.248. The first-order chi connectivity index (χ1) is 6.61. The smallest absolute Gasteiger partial charge is 0.320 e. The molecule has 1 rings (SSSR count). The summed E-state index contributed by atoms with van der Waals surface area (Å²) in [5, 5.41) is 12.3. The van der Waals surface area contributed by atoms with Crippen LogP contribution in [0.15, 0.2) is 0 Å². The molecular weight excluding hydrogens is 178 g/mol. The van der Waals surface area contributed by atoms with Crippen molar-refractivity contribution in [3.05, 3.63) is 0 Å². The number of hydrogen-bond acceptors (Lipinski definition) is 2. The minimum Gasteiger partial charge on any atom is -0.480 e. The fourth-order valence-corrected chi connectivity index (χ4v) is 2.24. The molecule has 0 unspecified atom stereocenters. The molecule has 0 aliphatic heterocycles. The first kappa shape index (κ1) is 11.5. The highest BCUT2D eigenvalue weighted by Crippen LogP contribution is 2.26. The third-order valence-electron chi connectivity index (χ3n) is 2.90. The molecule has 0 radical (unpaired) electrons. The highest BCUT2D eigenvalue weighted by atomic mass is 16.4. The Labute approximate surface area is 85.9 Å². The van der Waals surface area contributed by atoms with E-state index in [0.717, 1.165) is 12.8 Å². The summed E-state index contributed by atoms with van der Waals surface area (Å²) < 4.78 is 0. The van der Waals surface area contributed by atoms with Crippen molar-refractivity contribution in [3.8, 4) is 0 Å². The second-order valence-electron chi connectivity index (χ2n) is 4.54. The molecule has 1 aliphatic rings. The van der Waals surface area contributed by atoms with E-state index >= 15 is 0 Å². The number of carboxylic acid groups (broad SMARTS) is 1. The lowest BCUT2D eigenvalue weighted by atomic mass is 9.83. The molecule has 0 aromatic carbocycles. The van der Waals surface area contributed by atoms with E-state index in [1.54, 1.807) is 0 Å². The van der Waals surface area contributed by atoms with E-state index in [1.807, 2.05) is 13.8 Å². The normalized spacial score (nSPS) is 21.1. The van der Waals surface area contributed by atoms with Crippen molar-refractivity contribution in [2.75, 3.05) is 0 Å². The van der Waals surface area contributed by atoms with Gasteiger partial charge in [0.25, 0.3) is 0 Å². The maximum atomic E-state index is 11.1. The van der Waals surface area contributed by atoms with Crippen molar-refractivity contribution in [1.82, 2.24) is 5.32 Å². The zero-order chi connectivity index (χ0) is 10.6. The molecule has 2 N–H and O–H groups in total. The zero-order valence-electron chi connectivity index (χ0n) is 9.12. The van der Waals surface area contributed by atoms with Crippen LogP contribution >= 0.6 is 0 Å². The molecule has 0 saturated heterocycles. The number of carbonyl (C=O) groups is 1. The molecule has 0 amide bonds. The van der Waals surface area contributed by atoms with Gasteiger partial charge in [-0.3, -0.25) is 4.79 Å². The van der Waals surface area contributed by atoms with Crippen LogP contribution in [0.25, 0.3) is 0 Å². The Balaban J connectivity index is 2.51. The van der Waals surface area contributed by atoms with E-state index in [1.165, 1.54) is 19.3 Å². The molecule has 14 heavy (non-hydrogen) atoms. The lowest BCUT2D eigenvalue weighted by Crippen LogP contribution is -2.46. The van der Waals surface area contributed by atoms with Crippen molar-refractivity contribution in [2.24, 2.45) is 5.92 Å². The van der Waals surface area contributed by atoms with E-state index in [9.17, 15) is 4.79 Å². The summed E-state index contributed by atoms with van der Waals surface area (Å²) in [5.41, 5.74) is 0. The molecule has 3 nitrogen and oxygen atoms in total. The second kappa shape index (κ2) is 5.35. The van der Waals surface area contributed by atoms with Gasteiger partial charge in [0, 0.05) is 6.04 Å². The molecule has 0 aromatic rings. The minimum atomic E-state index is -0.689. The maximum Gasteiger partial charge on any atom is 0.320 e. The lowest BCUT2D eigenvalue weighted by molar-refractivity contribution is -0.141. The van der Waals surface area contributed by atoms with Gasteiger partial charge in [0.15, 0.2) is 0 Å². The van der Waals surface area contributed by atoms with Gasteiger partial charge in [-0.1, -0.05) is 33.1 Å². The summed E-state index contributed by atoms with van der Waals surface area (Å²) in [7, 11) is 0. The molecule has 1 saturated carbocycles. The molecule has 0 aromatic heterocycles. The van der Waals surface area contributed by atoms with Crippen LogP contribution in [0.4, 0.5) is 0 Å². The van der Waals surface area contributed by atoms with Crippen molar-refractivity contribution >= 4 is 5.97 Å². The lowest BCUT2D eigenvalue weighted by Gasteiger charge is -2.29. The number of hydrogen-bond donors (Lipinski definition) is 2. The van der Waals surface area contributed by atoms with Crippen LogP contribution in [0.1, 0.15) is 46.0 Å². The summed E-state index contributed by atoms with van der Waals surface area (Å²) >= 11 is 0. The number of aliphatic carboxylic acids is 1. The predicted molar refractivity (Wildman–Crippen MR) is 56.3 cm³/mol. The first-order valence-electron chi connectivity index (χ1n) is 5.60. The van der Waals surface area contributed by atoms with E-state index in [4.69, 9.17) is 5.11 Å². The van der Waals surface area contributed by atoms with Gasteiger partial charge in [0.1, 0.15) is 6.04 Å². The van der Waals surface area contributed by atoms with Crippen LogP contribution in [-0.2, 0) is 4.79 Å². The van der Waals surface area contributed by atoms with Crippen LogP contribution in [0.5, 0.6) is 0 Å². The van der Waals surface area contributed by atoms with E-state index in [0.29, 0.717) is 5.92 Å². The predicted octanol–water partition coefficient (Wildman–Crippen LogP) is 2.02. The Bertz CT molecular complexity index is 186. The second-order valence-corrected chi connectivity index (χ2v) is 4.54. The van der Waals surface area contributed by atoms with E-state index < -0.39 is 5.97 Å². The number of nitrogens with one attached hydrogen (secondary N) is 1. The Kier molecular flexibility index (Phi) is 4.39. The fraction of sp³-hybridized carbons (Fsp3) is 0.909. The van der Waals surface area contributed by atoms with Crippen molar-refractivity contribution in [2.45, 2.75) is 58.0 Å². The molecule has 1 atom stereocenters. The average molecular weight is 199 g/mol. The Morgan fingerprint density at radius 3 is 2.29 bits per heavy atom. The Hall–Kier alpha value is -0.570. The van der Waals surface area contributed by atoms with Crippen molar-refractivity contribution in [3.63, 3.8) is 0 Å². The van der Waals surface area contributed by atoms with Crippen LogP contribution in [0.2, 0.25) is 0 Å². The van der Waals surface area contributed by atoms with Crippen molar-refractivity contribution < 1.29 is 9.90 Å². The highest BCUT2D eigenvalue weighted by molar-refractivity contribution is 5.73. The van der Waals surface area contributed by atoms with Crippen LogP contribution in [0.3, 0.4) is 0 Å². The topological polar surface area (TPSA) is 49.3 Å². The van der Waals surface area contributed by atoms with Crippen LogP contribution < -0.4 is 5.32 Å². The quantitative estimate of drug-likeness (QED) is 0.728. The molecular formula is C11H21NO2. The van der Waals surface area contributed by atoms with E-state index in [-0.39, 0.29) is 12.1 Å². The molecule has 1 aliphatic carbocycles. The highest BCUT2D eigenvalue weighted by Gasteiger charge is 2.29. The molecule has 3 heteroatoms. The number of carboxylic acids is 1. The molecule has 82 valence electrons. The van der Waals surface area contributed by atoms with Gasteiger partial charge in [-0.15, -0.1) is 0 Å². The Morgan fingerprint density at radius 2 is 1.86 bits per heavy atom. The van der Waals surface area contributed by atoms with Crippen molar-refractivity contribution in [1.29, 1.82) is 0 Å². The SMILES string of the molecule is CC(C)N[C@@H](C(=O)O)C1CCCCC1. The molecule has 0 heterocycles. The summed E-state index contributed by atoms with van der Waals surface area (Å²) in [6.07, 6.45) is 5.78. The van der Waals surface area contributed by atoms with E-state index in [2.05, 4.69) is 5.32 Å². The van der Waals surface area contributed by atoms with Gasteiger partial charge in [0.05, 0.1) is 0 Å². The summed E-state index contributed by atoms with van der Waals surface area (Å²) in [6.45, 7) is 4.00. The number of rotatable bonds is 4. The van der Waals surface area contributed by atoms with Gasteiger partial charge in [-0.05, 0) is 18.8 Å². The summed E-state index contributed by atoms with van der Waals surface area (Å²) in [5.74, 6) is -0.353. The third kappa shape index (κ3) is 3.29. The monoisotopic (exact) mass is 199 g/mol. The van der Waals surface area contributed by atoms with Gasteiger partial charge >= 0.3 is 5.97 Å². The Morgan fingerprint density at radius 1 is 1.29 bits per heavy atom. The van der Waals surface area contributed by atoms with Crippen LogP contribution in [-0.4, -0.2) is 23.2 Å². The van der Waals surface area contributed by atoms with Gasteiger partial charge in [0.2, 0.25) is 0 Å². The zero-order valence-corrected chi connectivity index (χ0v) is 9.12. The summed E-state index contributed by atoms with van der Waals surface area (Å²) in [6, 6.07) is -0.0895. The molecule has 1 fully saturated rings. The first-order valence-corrected chi connectivity index (χ1v) is 5.60. The fourth-order valence-electron chi connectivity index (χ4n) is 2.24. The third-order valence-corrected chi connectivity index (χ3v) is 2.90. The standard InChI is InChI=1S/C11H21NO2/c1-8(2)12-10(11(13)14)9-6-4-3-5-7-9/h8-10,12H,3-7H2,1-2H3,(H,13,14)/t10-/m1/s1. The average Bonchev–Trinajstić information content (AvgIpc) is 2.15. The summed E-state index contributed by atoms with van der Waals surface area (Å²) in [4.78, 5) is 11.1.